The SMILES string of the molecule is C=CCN(CCOC)CC1(N)CC(OCC)C1(C)C. The van der Waals surface area contributed by atoms with Gasteiger partial charge in [0.2, 0.25) is 0 Å². The molecule has 0 aromatic heterocycles. The topological polar surface area (TPSA) is 47.7 Å². The zero-order valence-corrected chi connectivity index (χ0v) is 12.9. The Morgan fingerprint density at radius 2 is 2.16 bits per heavy atom. The Hall–Kier alpha value is -0.420. The molecule has 1 fully saturated rings. The molecule has 0 aromatic carbocycles. The molecule has 0 heterocycles. The minimum absolute atomic E-state index is 0.00943. The summed E-state index contributed by atoms with van der Waals surface area (Å²) < 4.78 is 10.9. The van der Waals surface area contributed by atoms with Gasteiger partial charge in [0.1, 0.15) is 0 Å². The summed E-state index contributed by atoms with van der Waals surface area (Å²) >= 11 is 0. The molecule has 4 heteroatoms. The molecule has 4 nitrogen and oxygen atoms in total. The molecule has 112 valence electrons. The minimum Gasteiger partial charge on any atom is -0.383 e. The van der Waals surface area contributed by atoms with Crippen LogP contribution in [-0.2, 0) is 9.47 Å². The van der Waals surface area contributed by atoms with E-state index < -0.39 is 0 Å². The standard InChI is InChI=1S/C15H30N2O2/c1-6-8-17(9-10-18-5)12-15(16)11-13(19-7-2)14(15,3)4/h6,13H,1,7-12,16H2,2-5H3. The molecular formula is C15H30N2O2. The van der Waals surface area contributed by atoms with Crippen molar-refractivity contribution in [3.8, 4) is 0 Å². The van der Waals surface area contributed by atoms with Gasteiger partial charge in [-0.05, 0) is 13.3 Å². The summed E-state index contributed by atoms with van der Waals surface area (Å²) in [4.78, 5) is 2.31. The van der Waals surface area contributed by atoms with Gasteiger partial charge in [-0.1, -0.05) is 19.9 Å². The lowest BCUT2D eigenvalue weighted by atomic mass is 9.54. The van der Waals surface area contributed by atoms with Gasteiger partial charge in [-0.2, -0.15) is 0 Å². The van der Waals surface area contributed by atoms with Gasteiger partial charge in [-0.3, -0.25) is 4.90 Å². The van der Waals surface area contributed by atoms with E-state index in [4.69, 9.17) is 15.2 Å². The van der Waals surface area contributed by atoms with E-state index in [1.807, 2.05) is 13.0 Å². The average Bonchev–Trinajstić information content (AvgIpc) is 2.36. The molecule has 1 aliphatic rings. The predicted molar refractivity (Wildman–Crippen MR) is 79.2 cm³/mol. The van der Waals surface area contributed by atoms with Crippen LogP contribution in [0.2, 0.25) is 0 Å². The van der Waals surface area contributed by atoms with E-state index in [1.165, 1.54) is 0 Å². The van der Waals surface area contributed by atoms with Crippen molar-refractivity contribution in [1.82, 2.24) is 4.90 Å². The molecule has 2 unspecified atom stereocenters. The van der Waals surface area contributed by atoms with Crippen molar-refractivity contribution in [3.05, 3.63) is 12.7 Å². The molecular weight excluding hydrogens is 240 g/mol. The van der Waals surface area contributed by atoms with Gasteiger partial charge in [0.05, 0.1) is 12.7 Å². The molecule has 0 saturated heterocycles. The first-order chi connectivity index (χ1) is 8.91. The highest BCUT2D eigenvalue weighted by molar-refractivity contribution is 5.15. The molecule has 19 heavy (non-hydrogen) atoms. The maximum absolute atomic E-state index is 6.61. The van der Waals surface area contributed by atoms with Crippen LogP contribution >= 0.6 is 0 Å². The fraction of sp³-hybridized carbons (Fsp3) is 0.867. The Morgan fingerprint density at radius 3 is 2.63 bits per heavy atom. The molecule has 2 N–H and O–H groups in total. The van der Waals surface area contributed by atoms with Crippen LogP contribution in [0, 0.1) is 5.41 Å². The van der Waals surface area contributed by atoms with Crippen molar-refractivity contribution in [2.45, 2.75) is 38.8 Å². The molecule has 1 aliphatic carbocycles. The highest BCUT2D eigenvalue weighted by atomic mass is 16.5. The van der Waals surface area contributed by atoms with E-state index in [1.54, 1.807) is 7.11 Å². The van der Waals surface area contributed by atoms with Gasteiger partial charge >= 0.3 is 0 Å². The molecule has 0 spiro atoms. The second-order valence-electron chi connectivity index (χ2n) is 6.04. The number of nitrogens with two attached hydrogens (primary N) is 1. The van der Waals surface area contributed by atoms with E-state index in [0.29, 0.717) is 0 Å². The third-order valence-corrected chi connectivity index (χ3v) is 4.51. The van der Waals surface area contributed by atoms with Crippen molar-refractivity contribution in [2.24, 2.45) is 11.1 Å². The number of hydrogen-bond acceptors (Lipinski definition) is 4. The van der Waals surface area contributed by atoms with Crippen LogP contribution in [0.1, 0.15) is 27.2 Å². The average molecular weight is 270 g/mol. The van der Waals surface area contributed by atoms with Crippen LogP contribution < -0.4 is 5.73 Å². The highest BCUT2D eigenvalue weighted by Gasteiger charge is 2.58. The molecule has 1 rings (SSSR count). The van der Waals surface area contributed by atoms with E-state index >= 15 is 0 Å². The number of hydrogen-bond donors (Lipinski definition) is 1. The summed E-state index contributed by atoms with van der Waals surface area (Å²) in [6.07, 6.45) is 3.12. The van der Waals surface area contributed by atoms with Crippen molar-refractivity contribution in [1.29, 1.82) is 0 Å². The first-order valence-corrected chi connectivity index (χ1v) is 7.14. The lowest BCUT2D eigenvalue weighted by Crippen LogP contribution is -2.73. The normalized spacial score (nSPS) is 29.3. The summed E-state index contributed by atoms with van der Waals surface area (Å²) in [7, 11) is 1.72. The highest BCUT2D eigenvalue weighted by Crippen LogP contribution is 2.50. The summed E-state index contributed by atoms with van der Waals surface area (Å²) in [6, 6.07) is 0. The second-order valence-corrected chi connectivity index (χ2v) is 6.04. The first kappa shape index (κ1) is 16.6. The molecule has 0 radical (unpaired) electrons. The van der Waals surface area contributed by atoms with Gasteiger partial charge in [-0.25, -0.2) is 0 Å². The van der Waals surface area contributed by atoms with E-state index in [0.717, 1.165) is 39.3 Å². The lowest BCUT2D eigenvalue weighted by molar-refractivity contribution is -0.156. The number of nitrogens with zero attached hydrogens (tertiary/aromatic N) is 1. The van der Waals surface area contributed by atoms with Crippen LogP contribution in [0.4, 0.5) is 0 Å². The second kappa shape index (κ2) is 6.84. The van der Waals surface area contributed by atoms with Crippen molar-refractivity contribution < 1.29 is 9.47 Å². The summed E-state index contributed by atoms with van der Waals surface area (Å²) in [5.41, 5.74) is 6.43. The fourth-order valence-electron chi connectivity index (χ4n) is 2.81. The van der Waals surface area contributed by atoms with E-state index in [-0.39, 0.29) is 17.1 Å². The first-order valence-electron chi connectivity index (χ1n) is 7.14. The van der Waals surface area contributed by atoms with Crippen molar-refractivity contribution in [3.63, 3.8) is 0 Å². The quantitative estimate of drug-likeness (QED) is 0.647. The largest absolute Gasteiger partial charge is 0.383 e. The Kier molecular flexibility index (Phi) is 5.99. The van der Waals surface area contributed by atoms with Crippen molar-refractivity contribution >= 4 is 0 Å². The van der Waals surface area contributed by atoms with Crippen LogP contribution in [0.15, 0.2) is 12.7 Å². The van der Waals surface area contributed by atoms with E-state index in [9.17, 15) is 0 Å². The Morgan fingerprint density at radius 1 is 1.47 bits per heavy atom. The molecule has 0 aromatic rings. The maximum atomic E-state index is 6.61. The monoisotopic (exact) mass is 270 g/mol. The third kappa shape index (κ3) is 3.57. The number of rotatable bonds is 9. The Balaban J connectivity index is 2.60. The molecule has 0 bridgehead atoms. The zero-order chi connectivity index (χ0) is 14.5. The molecule has 0 aliphatic heterocycles. The van der Waals surface area contributed by atoms with Gasteiger partial charge in [0, 0.05) is 44.3 Å². The lowest BCUT2D eigenvalue weighted by Gasteiger charge is -2.60. The van der Waals surface area contributed by atoms with E-state index in [2.05, 4.69) is 25.3 Å². The summed E-state index contributed by atoms with van der Waals surface area (Å²) in [5.74, 6) is 0. The number of methoxy groups -OCH3 is 1. The molecule has 1 saturated carbocycles. The molecule has 0 amide bonds. The minimum atomic E-state index is -0.191. The van der Waals surface area contributed by atoms with Crippen LogP contribution in [-0.4, -0.2) is 56.5 Å². The van der Waals surface area contributed by atoms with Crippen LogP contribution in [0.5, 0.6) is 0 Å². The summed E-state index contributed by atoms with van der Waals surface area (Å²) in [5, 5.41) is 0. The van der Waals surface area contributed by atoms with Gasteiger partial charge in [0.25, 0.3) is 0 Å². The fourth-order valence-corrected chi connectivity index (χ4v) is 2.81. The predicted octanol–water partition coefficient (Wildman–Crippen LogP) is 1.65. The van der Waals surface area contributed by atoms with Gasteiger partial charge in [0.15, 0.2) is 0 Å². The van der Waals surface area contributed by atoms with Crippen LogP contribution in [0.25, 0.3) is 0 Å². The zero-order valence-electron chi connectivity index (χ0n) is 12.9. The Labute approximate surface area is 117 Å². The Bertz CT molecular complexity index is 294. The van der Waals surface area contributed by atoms with Gasteiger partial charge < -0.3 is 15.2 Å². The maximum Gasteiger partial charge on any atom is 0.0662 e. The van der Waals surface area contributed by atoms with Crippen molar-refractivity contribution in [2.75, 3.05) is 40.0 Å². The van der Waals surface area contributed by atoms with Gasteiger partial charge in [-0.15, -0.1) is 6.58 Å². The number of ether oxygens (including phenoxy) is 2. The molecule has 2 atom stereocenters. The third-order valence-electron chi connectivity index (χ3n) is 4.51. The smallest absolute Gasteiger partial charge is 0.0662 e. The van der Waals surface area contributed by atoms with Crippen LogP contribution in [0.3, 0.4) is 0 Å². The summed E-state index contributed by atoms with van der Waals surface area (Å²) in [6.45, 7) is 14.3.